The fraction of sp³-hybridized carbons (Fsp3) is 0.269. The van der Waals surface area contributed by atoms with Crippen LogP contribution in [0.15, 0.2) is 59.4 Å². The number of nitrogens with zero attached hydrogens (tertiary/aromatic N) is 1. The largest absolute Gasteiger partial charge is 0.318 e. The fourth-order valence-electron chi connectivity index (χ4n) is 4.13. The number of rotatable bonds is 7. The van der Waals surface area contributed by atoms with E-state index in [2.05, 4.69) is 44.2 Å². The first-order valence-corrected chi connectivity index (χ1v) is 12.1. The molecule has 32 heavy (non-hydrogen) atoms. The van der Waals surface area contributed by atoms with Gasteiger partial charge in [0.05, 0.1) is 0 Å². The molecule has 0 saturated heterocycles. The maximum atomic E-state index is 12.4. The minimum absolute atomic E-state index is 0.0217. The Balaban J connectivity index is 2.21. The molecule has 3 aromatic rings. The molecule has 0 aliphatic carbocycles. The van der Waals surface area contributed by atoms with E-state index >= 15 is 0 Å². The van der Waals surface area contributed by atoms with E-state index in [1.165, 1.54) is 22.3 Å². The average Bonchev–Trinajstić information content (AvgIpc) is 2.73. The highest BCUT2D eigenvalue weighted by Crippen LogP contribution is 2.31. The third kappa shape index (κ3) is 5.02. The smallest absolute Gasteiger partial charge is 0.254 e. The van der Waals surface area contributed by atoms with Gasteiger partial charge < -0.3 is 4.57 Å². The van der Waals surface area contributed by atoms with Crippen molar-refractivity contribution in [2.24, 2.45) is 7.05 Å². The molecular formula is C26H30N2O3S. The summed E-state index contributed by atoms with van der Waals surface area (Å²) in [7, 11) is -1.89. The second-order valence-corrected chi connectivity index (χ2v) is 9.89. The summed E-state index contributed by atoms with van der Waals surface area (Å²) < 4.78 is 28.2. The zero-order valence-electron chi connectivity index (χ0n) is 19.3. The summed E-state index contributed by atoms with van der Waals surface area (Å²) >= 11 is 0. The SMILES string of the molecule is C=CS(=O)(=O)Nc1ccc(Cc2c(C)cc(C)cc2C)c(-c2cc(CC)c(=O)n(C)c2)c1. The minimum Gasteiger partial charge on any atom is -0.318 e. The third-order valence-electron chi connectivity index (χ3n) is 5.75. The molecule has 1 aromatic heterocycles. The molecule has 0 unspecified atom stereocenters. The Morgan fingerprint density at radius 1 is 1.03 bits per heavy atom. The predicted octanol–water partition coefficient (Wildman–Crippen LogP) is 5.02. The maximum Gasteiger partial charge on any atom is 0.254 e. The standard InChI is InChI=1S/C26H30N2O3S/c1-7-20-13-22(16-28(6)26(20)29)25-15-23(27-32(30,31)8-2)10-9-21(25)14-24-18(4)11-17(3)12-19(24)5/h8-13,15-16,27H,2,7,14H2,1,3-6H3. The van der Waals surface area contributed by atoms with Gasteiger partial charge in [-0.3, -0.25) is 9.52 Å². The number of aromatic nitrogens is 1. The molecule has 0 atom stereocenters. The number of benzene rings is 2. The van der Waals surface area contributed by atoms with E-state index in [-0.39, 0.29) is 5.56 Å². The van der Waals surface area contributed by atoms with Crippen LogP contribution in [0.4, 0.5) is 5.69 Å². The number of nitrogens with one attached hydrogen (secondary N) is 1. The Morgan fingerprint density at radius 2 is 1.69 bits per heavy atom. The summed E-state index contributed by atoms with van der Waals surface area (Å²) in [6.07, 6.45) is 3.13. The van der Waals surface area contributed by atoms with Crippen LogP contribution >= 0.6 is 0 Å². The van der Waals surface area contributed by atoms with Gasteiger partial charge in [0.25, 0.3) is 15.6 Å². The monoisotopic (exact) mass is 450 g/mol. The van der Waals surface area contributed by atoms with E-state index in [4.69, 9.17) is 0 Å². The second-order valence-electron chi connectivity index (χ2n) is 8.26. The highest BCUT2D eigenvalue weighted by Gasteiger charge is 2.15. The molecule has 5 nitrogen and oxygen atoms in total. The summed E-state index contributed by atoms with van der Waals surface area (Å²) in [5.41, 5.74) is 8.89. The van der Waals surface area contributed by atoms with Gasteiger partial charge in [0.2, 0.25) is 0 Å². The molecule has 3 rings (SSSR count). The van der Waals surface area contributed by atoms with E-state index in [9.17, 15) is 13.2 Å². The van der Waals surface area contributed by atoms with Crippen molar-refractivity contribution in [3.8, 4) is 11.1 Å². The lowest BCUT2D eigenvalue weighted by Gasteiger charge is -2.17. The van der Waals surface area contributed by atoms with Crippen LogP contribution in [0, 0.1) is 20.8 Å². The van der Waals surface area contributed by atoms with Gasteiger partial charge in [0.15, 0.2) is 0 Å². The van der Waals surface area contributed by atoms with E-state index in [1.54, 1.807) is 23.9 Å². The van der Waals surface area contributed by atoms with Crippen LogP contribution in [0.3, 0.4) is 0 Å². The number of sulfonamides is 1. The van der Waals surface area contributed by atoms with Crippen molar-refractivity contribution in [2.45, 2.75) is 40.5 Å². The van der Waals surface area contributed by atoms with Gasteiger partial charge in [-0.05, 0) is 85.2 Å². The molecule has 0 fully saturated rings. The van der Waals surface area contributed by atoms with Gasteiger partial charge in [0, 0.05) is 29.9 Å². The summed E-state index contributed by atoms with van der Waals surface area (Å²) in [5.74, 6) is 0. The summed E-state index contributed by atoms with van der Waals surface area (Å²) in [6, 6.07) is 11.8. The first kappa shape index (κ1) is 23.5. The third-order valence-corrected chi connectivity index (χ3v) is 6.71. The second kappa shape index (κ2) is 9.17. The molecule has 0 spiro atoms. The Morgan fingerprint density at radius 3 is 2.28 bits per heavy atom. The molecule has 0 bridgehead atoms. The van der Waals surface area contributed by atoms with Gasteiger partial charge in [-0.2, -0.15) is 0 Å². The lowest BCUT2D eigenvalue weighted by molar-refractivity contribution is 0.609. The van der Waals surface area contributed by atoms with Crippen LogP contribution in [0.5, 0.6) is 0 Å². The molecule has 0 amide bonds. The highest BCUT2D eigenvalue weighted by atomic mass is 32.2. The van der Waals surface area contributed by atoms with Crippen molar-refractivity contribution in [1.82, 2.24) is 4.57 Å². The van der Waals surface area contributed by atoms with Crippen LogP contribution in [0.2, 0.25) is 0 Å². The van der Waals surface area contributed by atoms with Gasteiger partial charge in [-0.25, -0.2) is 8.42 Å². The molecule has 168 valence electrons. The zero-order valence-corrected chi connectivity index (χ0v) is 20.1. The van der Waals surface area contributed by atoms with Crippen LogP contribution in [0.25, 0.3) is 11.1 Å². The maximum absolute atomic E-state index is 12.4. The molecular weight excluding hydrogens is 420 g/mol. The Labute approximate surface area is 190 Å². The van der Waals surface area contributed by atoms with Crippen molar-refractivity contribution < 1.29 is 8.42 Å². The topological polar surface area (TPSA) is 68.2 Å². The van der Waals surface area contributed by atoms with E-state index in [0.717, 1.165) is 27.7 Å². The number of hydrogen-bond donors (Lipinski definition) is 1. The molecule has 6 heteroatoms. The molecule has 0 aliphatic heterocycles. The van der Waals surface area contributed by atoms with Gasteiger partial charge >= 0.3 is 0 Å². The Bertz CT molecular complexity index is 1330. The van der Waals surface area contributed by atoms with Crippen molar-refractivity contribution in [3.05, 3.63) is 98.3 Å². The summed E-state index contributed by atoms with van der Waals surface area (Å²) in [5, 5.41) is 0.890. The molecule has 0 radical (unpaired) electrons. The predicted molar refractivity (Wildman–Crippen MR) is 133 cm³/mol. The van der Waals surface area contributed by atoms with Crippen molar-refractivity contribution in [3.63, 3.8) is 0 Å². The first-order chi connectivity index (χ1) is 15.0. The van der Waals surface area contributed by atoms with Crippen LogP contribution < -0.4 is 10.3 Å². The van der Waals surface area contributed by atoms with Crippen LogP contribution in [0.1, 0.15) is 40.3 Å². The number of hydrogen-bond acceptors (Lipinski definition) is 3. The number of anilines is 1. The lowest BCUT2D eigenvalue weighted by Crippen LogP contribution is -2.20. The summed E-state index contributed by atoms with van der Waals surface area (Å²) in [6.45, 7) is 11.6. The van der Waals surface area contributed by atoms with Crippen molar-refractivity contribution in [2.75, 3.05) is 4.72 Å². The lowest BCUT2D eigenvalue weighted by atomic mass is 9.90. The average molecular weight is 451 g/mol. The van der Waals surface area contributed by atoms with E-state index < -0.39 is 10.0 Å². The van der Waals surface area contributed by atoms with Gasteiger partial charge in [0.1, 0.15) is 0 Å². The van der Waals surface area contributed by atoms with Crippen molar-refractivity contribution >= 4 is 15.7 Å². The summed E-state index contributed by atoms with van der Waals surface area (Å²) in [4.78, 5) is 12.4. The van der Waals surface area contributed by atoms with Crippen LogP contribution in [-0.2, 0) is 29.9 Å². The number of pyridine rings is 1. The highest BCUT2D eigenvalue weighted by molar-refractivity contribution is 7.95. The van der Waals surface area contributed by atoms with Gasteiger partial charge in [-0.15, -0.1) is 0 Å². The molecule has 0 saturated carbocycles. The quantitative estimate of drug-likeness (QED) is 0.550. The Hall–Kier alpha value is -3.12. The first-order valence-electron chi connectivity index (χ1n) is 10.6. The van der Waals surface area contributed by atoms with E-state index in [1.807, 2.05) is 25.1 Å². The fourth-order valence-corrected chi connectivity index (χ4v) is 4.67. The normalized spacial score (nSPS) is 11.4. The van der Waals surface area contributed by atoms with E-state index in [0.29, 0.717) is 18.5 Å². The molecule has 0 aliphatic rings. The zero-order chi connectivity index (χ0) is 23.6. The molecule has 1 heterocycles. The van der Waals surface area contributed by atoms with Crippen LogP contribution in [-0.4, -0.2) is 13.0 Å². The van der Waals surface area contributed by atoms with Crippen molar-refractivity contribution in [1.29, 1.82) is 0 Å². The number of aryl methyl sites for hydroxylation is 5. The molecule has 1 N–H and O–H groups in total. The van der Waals surface area contributed by atoms with Gasteiger partial charge in [-0.1, -0.05) is 37.3 Å². The molecule has 2 aromatic carbocycles. The Kier molecular flexibility index (Phi) is 6.74. The minimum atomic E-state index is -3.63.